The van der Waals surface area contributed by atoms with Crippen LogP contribution in [0, 0.1) is 18.5 Å². The third kappa shape index (κ3) is 2.68. The molecule has 0 amide bonds. The lowest BCUT2D eigenvalue weighted by atomic mass is 10.1. The molecule has 0 atom stereocenters. The molecule has 19 heavy (non-hydrogen) atoms. The van der Waals surface area contributed by atoms with Gasteiger partial charge >= 0.3 is 0 Å². The number of aromatic amines is 1. The van der Waals surface area contributed by atoms with Gasteiger partial charge < -0.3 is 9.72 Å². The fourth-order valence-corrected chi connectivity index (χ4v) is 2.28. The number of hydrogen-bond donors (Lipinski definition) is 1. The van der Waals surface area contributed by atoms with Gasteiger partial charge in [0.05, 0.1) is 11.8 Å². The van der Waals surface area contributed by atoms with Crippen molar-refractivity contribution in [2.24, 2.45) is 0 Å². The fourth-order valence-electron chi connectivity index (χ4n) is 2.04. The first-order valence-electron chi connectivity index (χ1n) is 6.48. The lowest BCUT2D eigenvalue weighted by Crippen LogP contribution is -1.98. The summed E-state index contributed by atoms with van der Waals surface area (Å²) in [6, 6.07) is 8.14. The first-order valence-corrected chi connectivity index (χ1v) is 6.89. The van der Waals surface area contributed by atoms with Crippen LogP contribution in [-0.4, -0.2) is 16.1 Å². The molecular formula is C15H16N2OS. The van der Waals surface area contributed by atoms with E-state index in [0.29, 0.717) is 10.7 Å². The number of benzene rings is 1. The molecule has 3 rings (SSSR count). The predicted octanol–water partition coefficient (Wildman–Crippen LogP) is 3.96. The molecule has 0 radical (unpaired) electrons. The van der Waals surface area contributed by atoms with Gasteiger partial charge in [0.1, 0.15) is 16.2 Å². The van der Waals surface area contributed by atoms with E-state index in [1.165, 1.54) is 12.8 Å². The van der Waals surface area contributed by atoms with Crippen LogP contribution in [0.5, 0.6) is 5.75 Å². The summed E-state index contributed by atoms with van der Waals surface area (Å²) < 4.78 is 6.48. The van der Waals surface area contributed by atoms with E-state index in [1.54, 1.807) is 0 Å². The van der Waals surface area contributed by atoms with Gasteiger partial charge in [-0.3, -0.25) is 0 Å². The minimum absolute atomic E-state index is 0.411. The zero-order valence-electron chi connectivity index (χ0n) is 11.1. The number of aromatic nitrogens is 2. The summed E-state index contributed by atoms with van der Waals surface area (Å²) in [6.45, 7) is 3.91. The summed E-state index contributed by atoms with van der Waals surface area (Å²) in [5.74, 6) is 1.76. The molecule has 1 saturated carbocycles. The van der Waals surface area contributed by atoms with Crippen molar-refractivity contribution in [2.75, 3.05) is 0 Å². The van der Waals surface area contributed by atoms with Crippen molar-refractivity contribution < 1.29 is 4.74 Å². The Morgan fingerprint density at radius 2 is 2.11 bits per heavy atom. The van der Waals surface area contributed by atoms with Crippen LogP contribution in [0.3, 0.4) is 0 Å². The highest BCUT2D eigenvalue weighted by molar-refractivity contribution is 7.71. The van der Waals surface area contributed by atoms with Crippen molar-refractivity contribution in [3.05, 3.63) is 40.3 Å². The van der Waals surface area contributed by atoms with Gasteiger partial charge in [-0.2, -0.15) is 0 Å². The van der Waals surface area contributed by atoms with Crippen LogP contribution in [0.2, 0.25) is 0 Å². The van der Waals surface area contributed by atoms with E-state index in [-0.39, 0.29) is 0 Å². The second-order valence-corrected chi connectivity index (χ2v) is 5.36. The van der Waals surface area contributed by atoms with E-state index in [2.05, 4.69) is 22.1 Å². The van der Waals surface area contributed by atoms with E-state index in [9.17, 15) is 0 Å². The molecule has 0 aliphatic heterocycles. The van der Waals surface area contributed by atoms with Crippen LogP contribution < -0.4 is 4.74 Å². The first kappa shape index (κ1) is 12.4. The zero-order valence-corrected chi connectivity index (χ0v) is 11.9. The van der Waals surface area contributed by atoms with Crippen molar-refractivity contribution in [1.29, 1.82) is 0 Å². The van der Waals surface area contributed by atoms with E-state index in [1.807, 2.05) is 26.0 Å². The van der Waals surface area contributed by atoms with Crippen LogP contribution >= 0.6 is 12.2 Å². The standard InChI is InChI=1S/C15H16N2OS/c1-9-14(16-10(2)17-15(9)19)11-4-3-5-13(8-11)18-12-6-7-12/h3-5,8,12H,6-7H2,1-2H3,(H,16,17,19). The molecule has 0 saturated heterocycles. The van der Waals surface area contributed by atoms with Gasteiger partial charge in [0.2, 0.25) is 0 Å². The summed E-state index contributed by atoms with van der Waals surface area (Å²) in [4.78, 5) is 7.56. The molecule has 1 aromatic carbocycles. The van der Waals surface area contributed by atoms with Crippen molar-refractivity contribution >= 4 is 12.2 Å². The van der Waals surface area contributed by atoms with Crippen molar-refractivity contribution in [3.63, 3.8) is 0 Å². The number of ether oxygens (including phenoxy) is 1. The SMILES string of the molecule is Cc1nc(=S)c(C)c(-c2cccc(OC3CC3)c2)[nH]1. The number of aryl methyl sites for hydroxylation is 1. The summed E-state index contributed by atoms with van der Waals surface area (Å²) >= 11 is 5.28. The predicted molar refractivity (Wildman–Crippen MR) is 78.0 cm³/mol. The smallest absolute Gasteiger partial charge is 0.133 e. The molecule has 1 aliphatic carbocycles. The van der Waals surface area contributed by atoms with Gasteiger partial charge in [-0.25, -0.2) is 4.98 Å². The summed E-state index contributed by atoms with van der Waals surface area (Å²) in [5, 5.41) is 0. The zero-order chi connectivity index (χ0) is 13.4. The second-order valence-electron chi connectivity index (χ2n) is 4.97. The first-order chi connectivity index (χ1) is 9.13. The van der Waals surface area contributed by atoms with E-state index < -0.39 is 0 Å². The Morgan fingerprint density at radius 1 is 1.32 bits per heavy atom. The van der Waals surface area contributed by atoms with Crippen LogP contribution in [-0.2, 0) is 0 Å². The average molecular weight is 272 g/mol. The van der Waals surface area contributed by atoms with Crippen LogP contribution in [0.15, 0.2) is 24.3 Å². The van der Waals surface area contributed by atoms with Crippen LogP contribution in [0.1, 0.15) is 24.2 Å². The van der Waals surface area contributed by atoms with E-state index in [4.69, 9.17) is 17.0 Å². The molecular weight excluding hydrogens is 256 g/mol. The Morgan fingerprint density at radius 3 is 2.84 bits per heavy atom. The molecule has 1 fully saturated rings. The molecule has 3 nitrogen and oxygen atoms in total. The molecule has 98 valence electrons. The number of rotatable bonds is 3. The molecule has 0 spiro atoms. The third-order valence-electron chi connectivity index (χ3n) is 3.22. The maximum absolute atomic E-state index is 5.83. The van der Waals surface area contributed by atoms with Gasteiger partial charge in [-0.05, 0) is 38.8 Å². The molecule has 2 aromatic rings. The number of nitrogens with one attached hydrogen (secondary N) is 1. The highest BCUT2D eigenvalue weighted by atomic mass is 32.1. The average Bonchev–Trinajstić information content (AvgIpc) is 3.18. The summed E-state index contributed by atoms with van der Waals surface area (Å²) in [5.41, 5.74) is 3.12. The normalized spacial score (nSPS) is 14.4. The van der Waals surface area contributed by atoms with E-state index in [0.717, 1.165) is 28.4 Å². The summed E-state index contributed by atoms with van der Waals surface area (Å²) in [6.07, 6.45) is 2.74. The molecule has 1 N–H and O–H groups in total. The number of hydrogen-bond acceptors (Lipinski definition) is 3. The third-order valence-corrected chi connectivity index (χ3v) is 3.62. The quantitative estimate of drug-likeness (QED) is 0.859. The van der Waals surface area contributed by atoms with Crippen molar-refractivity contribution in [1.82, 2.24) is 9.97 Å². The Hall–Kier alpha value is -1.68. The Balaban J connectivity index is 2.03. The lowest BCUT2D eigenvalue weighted by molar-refractivity contribution is 0.303. The van der Waals surface area contributed by atoms with Gasteiger partial charge in [0.15, 0.2) is 0 Å². The Kier molecular flexibility index (Phi) is 3.11. The van der Waals surface area contributed by atoms with E-state index >= 15 is 0 Å². The minimum atomic E-state index is 0.411. The Bertz CT molecular complexity index is 674. The molecule has 4 heteroatoms. The molecule has 0 bridgehead atoms. The number of H-pyrrole nitrogens is 1. The van der Waals surface area contributed by atoms with Crippen molar-refractivity contribution in [3.8, 4) is 17.0 Å². The summed E-state index contributed by atoms with van der Waals surface area (Å²) in [7, 11) is 0. The molecule has 1 heterocycles. The van der Waals surface area contributed by atoms with Gasteiger partial charge in [0, 0.05) is 11.1 Å². The van der Waals surface area contributed by atoms with Crippen molar-refractivity contribution in [2.45, 2.75) is 32.8 Å². The van der Waals surface area contributed by atoms with Crippen LogP contribution in [0.25, 0.3) is 11.3 Å². The maximum Gasteiger partial charge on any atom is 0.133 e. The Labute approximate surface area is 117 Å². The van der Waals surface area contributed by atoms with Gasteiger partial charge in [-0.15, -0.1) is 0 Å². The van der Waals surface area contributed by atoms with Gasteiger partial charge in [-0.1, -0.05) is 24.4 Å². The topological polar surface area (TPSA) is 37.9 Å². The van der Waals surface area contributed by atoms with Crippen LogP contribution in [0.4, 0.5) is 0 Å². The monoisotopic (exact) mass is 272 g/mol. The lowest BCUT2D eigenvalue weighted by Gasteiger charge is -2.10. The minimum Gasteiger partial charge on any atom is -0.490 e. The number of nitrogens with zero attached hydrogens (tertiary/aromatic N) is 1. The second kappa shape index (κ2) is 4.78. The maximum atomic E-state index is 5.83. The molecule has 1 aromatic heterocycles. The molecule has 1 aliphatic rings. The fraction of sp³-hybridized carbons (Fsp3) is 0.333. The van der Waals surface area contributed by atoms with Gasteiger partial charge in [0.25, 0.3) is 0 Å². The highest BCUT2D eigenvalue weighted by Crippen LogP contribution is 2.30. The largest absolute Gasteiger partial charge is 0.490 e. The molecule has 0 unspecified atom stereocenters. The highest BCUT2D eigenvalue weighted by Gasteiger charge is 2.23.